The minimum atomic E-state index is -5.12. The minimum Gasteiger partial charge on any atom is -0.366 e. The molecule has 2 aromatic rings. The highest BCUT2D eigenvalue weighted by Crippen LogP contribution is 2.25. The third-order valence-electron chi connectivity index (χ3n) is 2.67. The summed E-state index contributed by atoms with van der Waals surface area (Å²) in [5, 5.41) is 0.347. The molecule has 0 amide bonds. The third-order valence-corrected chi connectivity index (χ3v) is 5.69. The van der Waals surface area contributed by atoms with Crippen molar-refractivity contribution >= 4 is 37.9 Å². The fraction of sp³-hybridized carbons (Fsp3) is 0.0769. The van der Waals surface area contributed by atoms with E-state index < -0.39 is 20.6 Å². The average Bonchev–Trinajstić information content (AvgIpc) is 2.42. The number of hydrogen-bond donors (Lipinski definition) is 1. The van der Waals surface area contributed by atoms with Gasteiger partial charge in [0.25, 0.3) is 0 Å². The highest BCUT2D eigenvalue weighted by atomic mass is 35.5. The molecule has 0 fully saturated rings. The van der Waals surface area contributed by atoms with Crippen LogP contribution in [-0.4, -0.2) is 21.4 Å². The van der Waals surface area contributed by atoms with Gasteiger partial charge in [-0.15, -0.1) is 3.71 Å². The SMILES string of the molecule is Cc1ccc(N(S(=O)(=O)O)S(=O)(=O)Oc2ccc(Cl)cc2)cc1. The standard InChI is InChI=1S/C13H12ClNO6S2/c1-10-2-6-12(7-3-10)15(22(16,17)18)23(19,20)21-13-8-4-11(14)5-9-13/h2-9H,1H3,(H,16,17,18). The molecule has 0 saturated heterocycles. The summed E-state index contributed by atoms with van der Waals surface area (Å²) >= 11 is 5.68. The predicted octanol–water partition coefficient (Wildman–Crippen LogP) is 2.58. The molecule has 7 nitrogen and oxygen atoms in total. The smallest absolute Gasteiger partial charge is 0.366 e. The van der Waals surface area contributed by atoms with Gasteiger partial charge in [0.05, 0.1) is 5.69 Å². The summed E-state index contributed by atoms with van der Waals surface area (Å²) in [7, 11) is -9.98. The number of nitrogens with zero attached hydrogens (tertiary/aromatic N) is 1. The van der Waals surface area contributed by atoms with E-state index in [1.807, 2.05) is 0 Å². The first-order valence-electron chi connectivity index (χ1n) is 6.14. The number of rotatable bonds is 5. The van der Waals surface area contributed by atoms with Crippen LogP contribution in [0.4, 0.5) is 5.69 Å². The summed E-state index contributed by atoms with van der Waals surface area (Å²) in [4.78, 5) is 0. The van der Waals surface area contributed by atoms with Crippen molar-refractivity contribution in [2.24, 2.45) is 0 Å². The molecular weight excluding hydrogens is 366 g/mol. The molecule has 0 aliphatic carbocycles. The maximum atomic E-state index is 12.2. The second kappa shape index (κ2) is 6.36. The number of hydrogen-bond acceptors (Lipinski definition) is 5. The third kappa shape index (κ3) is 4.35. The summed E-state index contributed by atoms with van der Waals surface area (Å²) in [6, 6.07) is 10.7. The molecule has 0 unspecified atom stereocenters. The first kappa shape index (κ1) is 17.5. The van der Waals surface area contributed by atoms with E-state index >= 15 is 0 Å². The van der Waals surface area contributed by atoms with E-state index in [4.69, 9.17) is 15.8 Å². The molecule has 0 saturated carbocycles. The van der Waals surface area contributed by atoms with Gasteiger partial charge in [-0.05, 0) is 43.3 Å². The molecule has 0 aromatic heterocycles. The Balaban J connectivity index is 2.46. The molecule has 10 heteroatoms. The van der Waals surface area contributed by atoms with Crippen molar-refractivity contribution in [3.63, 3.8) is 0 Å². The molecule has 0 atom stereocenters. The van der Waals surface area contributed by atoms with Crippen LogP contribution in [0.2, 0.25) is 5.02 Å². The first-order chi connectivity index (χ1) is 10.6. The highest BCUT2D eigenvalue weighted by molar-refractivity contribution is 8.05. The predicted molar refractivity (Wildman–Crippen MR) is 86.2 cm³/mol. The van der Waals surface area contributed by atoms with E-state index in [0.29, 0.717) is 5.02 Å². The summed E-state index contributed by atoms with van der Waals surface area (Å²) in [5.41, 5.74) is 0.493. The molecule has 0 aliphatic heterocycles. The Bertz CT molecular complexity index is 892. The van der Waals surface area contributed by atoms with E-state index in [1.54, 1.807) is 6.92 Å². The summed E-state index contributed by atoms with van der Waals surface area (Å²) in [6.07, 6.45) is 0. The molecule has 0 bridgehead atoms. The average molecular weight is 378 g/mol. The van der Waals surface area contributed by atoms with Crippen LogP contribution in [0.5, 0.6) is 5.75 Å². The largest absolute Gasteiger partial charge is 0.425 e. The molecule has 124 valence electrons. The Kier molecular flexibility index (Phi) is 4.85. The molecule has 0 radical (unpaired) electrons. The van der Waals surface area contributed by atoms with E-state index in [-0.39, 0.29) is 15.1 Å². The maximum absolute atomic E-state index is 12.2. The lowest BCUT2D eigenvalue weighted by Gasteiger charge is -2.20. The molecule has 0 heterocycles. The number of anilines is 1. The topological polar surface area (TPSA) is 101 Å². The van der Waals surface area contributed by atoms with Crippen LogP contribution in [0.3, 0.4) is 0 Å². The van der Waals surface area contributed by atoms with Gasteiger partial charge < -0.3 is 4.18 Å². The quantitative estimate of drug-likeness (QED) is 0.803. The van der Waals surface area contributed by atoms with Crippen LogP contribution in [0.15, 0.2) is 48.5 Å². The van der Waals surface area contributed by atoms with Crippen molar-refractivity contribution in [2.45, 2.75) is 6.92 Å². The molecule has 2 aromatic carbocycles. The van der Waals surface area contributed by atoms with Crippen LogP contribution < -0.4 is 7.89 Å². The number of benzene rings is 2. The lowest BCUT2D eigenvalue weighted by atomic mass is 10.2. The molecule has 23 heavy (non-hydrogen) atoms. The van der Waals surface area contributed by atoms with Crippen LogP contribution >= 0.6 is 11.6 Å². The van der Waals surface area contributed by atoms with Gasteiger partial charge in [0.2, 0.25) is 0 Å². The lowest BCUT2D eigenvalue weighted by molar-refractivity contribution is 0.467. The second-order valence-electron chi connectivity index (χ2n) is 4.51. The highest BCUT2D eigenvalue weighted by Gasteiger charge is 2.35. The van der Waals surface area contributed by atoms with Gasteiger partial charge >= 0.3 is 20.6 Å². The molecular formula is C13H12ClNO6S2. The monoisotopic (exact) mass is 377 g/mol. The van der Waals surface area contributed by atoms with Gasteiger partial charge in [0.15, 0.2) is 0 Å². The van der Waals surface area contributed by atoms with Crippen LogP contribution in [0.25, 0.3) is 0 Å². The van der Waals surface area contributed by atoms with E-state index in [0.717, 1.165) is 5.56 Å². The Morgan fingerprint density at radius 3 is 1.96 bits per heavy atom. The zero-order chi connectivity index (χ0) is 17.3. The molecule has 2 rings (SSSR count). The van der Waals surface area contributed by atoms with Crippen molar-refractivity contribution in [3.8, 4) is 5.75 Å². The minimum absolute atomic E-state index is 0.157. The van der Waals surface area contributed by atoms with Gasteiger partial charge in [-0.25, -0.2) is 0 Å². The summed E-state index contributed by atoms with van der Waals surface area (Å²) in [6.45, 7) is 1.74. The zero-order valence-corrected chi connectivity index (χ0v) is 14.1. The maximum Gasteiger partial charge on any atom is 0.425 e. The van der Waals surface area contributed by atoms with Crippen molar-refractivity contribution in [1.82, 2.24) is 0 Å². The zero-order valence-electron chi connectivity index (χ0n) is 11.7. The van der Waals surface area contributed by atoms with Crippen LogP contribution in [0, 0.1) is 6.92 Å². The summed E-state index contributed by atoms with van der Waals surface area (Å²) < 4.78 is 61.3. The van der Waals surface area contributed by atoms with Gasteiger partial charge in [0, 0.05) is 5.02 Å². The van der Waals surface area contributed by atoms with Crippen molar-refractivity contribution in [1.29, 1.82) is 0 Å². The molecule has 0 aliphatic rings. The van der Waals surface area contributed by atoms with E-state index in [1.165, 1.54) is 48.5 Å². The fourth-order valence-corrected chi connectivity index (χ4v) is 4.02. The molecule has 1 N–H and O–H groups in total. The van der Waals surface area contributed by atoms with Gasteiger partial charge in [-0.1, -0.05) is 29.3 Å². The fourth-order valence-electron chi connectivity index (χ4n) is 1.69. The number of halogens is 1. The van der Waals surface area contributed by atoms with Gasteiger partial charge in [0.1, 0.15) is 5.75 Å². The normalized spacial score (nSPS) is 12.0. The Labute approximate surface area is 139 Å². The van der Waals surface area contributed by atoms with Crippen molar-refractivity contribution in [3.05, 3.63) is 59.1 Å². The summed E-state index contributed by atoms with van der Waals surface area (Å²) in [5.74, 6) is -0.157. The second-order valence-corrected chi connectivity index (χ2v) is 7.82. The Morgan fingerprint density at radius 1 is 0.957 bits per heavy atom. The van der Waals surface area contributed by atoms with E-state index in [2.05, 4.69) is 0 Å². The number of aryl methyl sites for hydroxylation is 1. The Hall–Kier alpha value is -1.81. The van der Waals surface area contributed by atoms with Crippen LogP contribution in [0.1, 0.15) is 5.56 Å². The molecule has 0 spiro atoms. The van der Waals surface area contributed by atoms with Gasteiger partial charge in [-0.2, -0.15) is 16.8 Å². The first-order valence-corrected chi connectivity index (χ1v) is 9.28. The van der Waals surface area contributed by atoms with Crippen LogP contribution in [-0.2, 0) is 20.6 Å². The van der Waals surface area contributed by atoms with E-state index in [9.17, 15) is 21.4 Å². The Morgan fingerprint density at radius 2 is 1.48 bits per heavy atom. The lowest BCUT2D eigenvalue weighted by Crippen LogP contribution is -2.39. The van der Waals surface area contributed by atoms with Crippen molar-refractivity contribution < 1.29 is 25.6 Å². The van der Waals surface area contributed by atoms with Gasteiger partial charge in [-0.3, -0.25) is 4.55 Å². The van der Waals surface area contributed by atoms with Crippen molar-refractivity contribution in [2.75, 3.05) is 3.71 Å².